The molecular weight excluding hydrogens is 319 g/mol. The van der Waals surface area contributed by atoms with Gasteiger partial charge in [-0.2, -0.15) is 13.2 Å². The molecule has 1 aromatic heterocycles. The second-order valence-electron chi connectivity index (χ2n) is 5.39. The Balaban J connectivity index is 1.92. The Hall–Kier alpha value is -2.41. The largest absolute Gasteiger partial charge is 0.416 e. The standard InChI is InChI=1S/C17H16F3N3O/c1-24-10-9-23-11-15(22-14-3-2-8-21-16(14)23)12-4-6-13(7-5-12)17(18,19)20/h2-8H,9-11H2,1H3. The van der Waals surface area contributed by atoms with E-state index in [1.165, 1.54) is 12.1 Å². The van der Waals surface area contributed by atoms with Crippen molar-refractivity contribution in [2.45, 2.75) is 6.18 Å². The number of rotatable bonds is 4. The van der Waals surface area contributed by atoms with E-state index in [-0.39, 0.29) is 0 Å². The number of aromatic nitrogens is 1. The lowest BCUT2D eigenvalue weighted by molar-refractivity contribution is -0.137. The van der Waals surface area contributed by atoms with E-state index in [9.17, 15) is 13.2 Å². The summed E-state index contributed by atoms with van der Waals surface area (Å²) >= 11 is 0. The summed E-state index contributed by atoms with van der Waals surface area (Å²) in [6.07, 6.45) is -2.65. The van der Waals surface area contributed by atoms with Gasteiger partial charge >= 0.3 is 6.18 Å². The third-order valence-corrected chi connectivity index (χ3v) is 3.77. The summed E-state index contributed by atoms with van der Waals surface area (Å²) in [5.41, 5.74) is 1.41. The second kappa shape index (κ2) is 6.60. The van der Waals surface area contributed by atoms with Gasteiger partial charge in [-0.25, -0.2) is 9.98 Å². The topological polar surface area (TPSA) is 37.7 Å². The molecule has 0 N–H and O–H groups in total. The fraction of sp³-hybridized carbons (Fsp3) is 0.294. The first-order chi connectivity index (χ1) is 11.5. The molecule has 0 amide bonds. The number of alkyl halides is 3. The molecule has 2 aromatic rings. The first kappa shape index (κ1) is 16.4. The van der Waals surface area contributed by atoms with E-state index >= 15 is 0 Å². The third kappa shape index (κ3) is 3.41. The van der Waals surface area contributed by atoms with Crippen LogP contribution in [-0.4, -0.2) is 37.5 Å². The van der Waals surface area contributed by atoms with Gasteiger partial charge in [0.05, 0.1) is 24.4 Å². The van der Waals surface area contributed by atoms with Crippen LogP contribution in [0.4, 0.5) is 24.7 Å². The van der Waals surface area contributed by atoms with Crippen molar-refractivity contribution in [3.63, 3.8) is 0 Å². The van der Waals surface area contributed by atoms with E-state index in [1.54, 1.807) is 19.4 Å². The zero-order chi connectivity index (χ0) is 17.2. The number of hydrogen-bond acceptors (Lipinski definition) is 4. The summed E-state index contributed by atoms with van der Waals surface area (Å²) in [4.78, 5) is 10.9. The molecular formula is C17H16F3N3O. The summed E-state index contributed by atoms with van der Waals surface area (Å²) in [6.45, 7) is 1.62. The molecule has 0 bridgehead atoms. The molecule has 0 unspecified atom stereocenters. The van der Waals surface area contributed by atoms with Crippen molar-refractivity contribution in [1.82, 2.24) is 4.98 Å². The Labute approximate surface area is 137 Å². The smallest absolute Gasteiger partial charge is 0.383 e. The highest BCUT2D eigenvalue weighted by Crippen LogP contribution is 2.32. The molecule has 0 aliphatic carbocycles. The summed E-state index contributed by atoms with van der Waals surface area (Å²) in [5, 5.41) is 0. The van der Waals surface area contributed by atoms with E-state index < -0.39 is 11.7 Å². The number of halogens is 3. The SMILES string of the molecule is COCCN1CC(c2ccc(C(F)(F)F)cc2)=Nc2cccnc21. The summed E-state index contributed by atoms with van der Waals surface area (Å²) in [7, 11) is 1.62. The average molecular weight is 335 g/mol. The highest BCUT2D eigenvalue weighted by atomic mass is 19.4. The van der Waals surface area contributed by atoms with Crippen LogP contribution in [0.25, 0.3) is 0 Å². The first-order valence-electron chi connectivity index (χ1n) is 7.43. The molecule has 24 heavy (non-hydrogen) atoms. The Morgan fingerprint density at radius 2 is 1.92 bits per heavy atom. The minimum absolute atomic E-state index is 0.471. The summed E-state index contributed by atoms with van der Waals surface area (Å²) in [5.74, 6) is 0.755. The normalized spacial score (nSPS) is 14.3. The number of methoxy groups -OCH3 is 1. The molecule has 0 fully saturated rings. The lowest BCUT2D eigenvalue weighted by atomic mass is 10.1. The average Bonchev–Trinajstić information content (AvgIpc) is 2.59. The second-order valence-corrected chi connectivity index (χ2v) is 5.39. The van der Waals surface area contributed by atoms with Crippen LogP contribution in [0.1, 0.15) is 11.1 Å². The molecule has 1 aliphatic heterocycles. The Morgan fingerprint density at radius 3 is 2.58 bits per heavy atom. The number of pyridine rings is 1. The van der Waals surface area contributed by atoms with E-state index in [0.717, 1.165) is 18.0 Å². The lowest BCUT2D eigenvalue weighted by Crippen LogP contribution is -2.36. The van der Waals surface area contributed by atoms with Gasteiger partial charge in [0.25, 0.3) is 0 Å². The molecule has 7 heteroatoms. The number of aliphatic imine (C=N–C) groups is 1. The van der Waals surface area contributed by atoms with E-state index in [0.29, 0.717) is 36.7 Å². The van der Waals surface area contributed by atoms with Crippen LogP contribution < -0.4 is 4.90 Å². The molecule has 3 rings (SSSR count). The molecule has 0 atom stereocenters. The van der Waals surface area contributed by atoms with Crippen molar-refractivity contribution >= 4 is 17.2 Å². The van der Waals surface area contributed by atoms with Gasteiger partial charge in [-0.3, -0.25) is 0 Å². The fourth-order valence-electron chi connectivity index (χ4n) is 2.55. The van der Waals surface area contributed by atoms with E-state index in [1.807, 2.05) is 11.0 Å². The lowest BCUT2D eigenvalue weighted by Gasteiger charge is -2.29. The van der Waals surface area contributed by atoms with Crippen LogP contribution in [0.3, 0.4) is 0 Å². The number of fused-ring (bicyclic) bond motifs is 1. The first-order valence-corrected chi connectivity index (χ1v) is 7.43. The predicted molar refractivity (Wildman–Crippen MR) is 86.0 cm³/mol. The molecule has 1 aliphatic rings. The third-order valence-electron chi connectivity index (χ3n) is 3.77. The number of hydrogen-bond donors (Lipinski definition) is 0. The minimum atomic E-state index is -4.34. The zero-order valence-corrected chi connectivity index (χ0v) is 13.0. The maximum Gasteiger partial charge on any atom is 0.416 e. The predicted octanol–water partition coefficient (Wildman–Crippen LogP) is 3.69. The van der Waals surface area contributed by atoms with Gasteiger partial charge in [0.2, 0.25) is 0 Å². The summed E-state index contributed by atoms with van der Waals surface area (Å²) < 4.78 is 43.2. The van der Waals surface area contributed by atoms with E-state index in [4.69, 9.17) is 4.74 Å². The number of benzene rings is 1. The van der Waals surface area contributed by atoms with Crippen LogP contribution in [0.5, 0.6) is 0 Å². The van der Waals surface area contributed by atoms with Gasteiger partial charge in [-0.1, -0.05) is 12.1 Å². The molecule has 0 spiro atoms. The van der Waals surface area contributed by atoms with Crippen LogP contribution in [0.15, 0.2) is 47.6 Å². The summed E-state index contributed by atoms with van der Waals surface area (Å²) in [6, 6.07) is 8.69. The maximum atomic E-state index is 12.7. The Bertz CT molecular complexity index is 741. The van der Waals surface area contributed by atoms with E-state index in [2.05, 4.69) is 9.98 Å². The molecule has 1 aromatic carbocycles. The van der Waals surface area contributed by atoms with Gasteiger partial charge < -0.3 is 9.64 Å². The van der Waals surface area contributed by atoms with Crippen molar-refractivity contribution in [3.05, 3.63) is 53.7 Å². The molecule has 0 saturated carbocycles. The minimum Gasteiger partial charge on any atom is -0.383 e. The fourth-order valence-corrected chi connectivity index (χ4v) is 2.55. The zero-order valence-electron chi connectivity index (χ0n) is 13.0. The van der Waals surface area contributed by atoms with Crippen molar-refractivity contribution in [1.29, 1.82) is 0 Å². The van der Waals surface area contributed by atoms with Crippen molar-refractivity contribution in [2.75, 3.05) is 31.7 Å². The Morgan fingerprint density at radius 1 is 1.17 bits per heavy atom. The Kier molecular flexibility index (Phi) is 4.53. The van der Waals surface area contributed by atoms with Gasteiger partial charge in [0, 0.05) is 19.9 Å². The van der Waals surface area contributed by atoms with Crippen LogP contribution in [0.2, 0.25) is 0 Å². The number of ether oxygens (including phenoxy) is 1. The molecule has 126 valence electrons. The molecule has 4 nitrogen and oxygen atoms in total. The number of anilines is 1. The van der Waals surface area contributed by atoms with Crippen LogP contribution >= 0.6 is 0 Å². The monoisotopic (exact) mass is 335 g/mol. The van der Waals surface area contributed by atoms with Crippen LogP contribution in [0, 0.1) is 0 Å². The molecule has 0 radical (unpaired) electrons. The van der Waals surface area contributed by atoms with Crippen LogP contribution in [-0.2, 0) is 10.9 Å². The van der Waals surface area contributed by atoms with Gasteiger partial charge in [-0.05, 0) is 29.8 Å². The van der Waals surface area contributed by atoms with Crippen molar-refractivity contribution < 1.29 is 17.9 Å². The maximum absolute atomic E-state index is 12.7. The quantitative estimate of drug-likeness (QED) is 0.855. The van der Waals surface area contributed by atoms with Gasteiger partial charge in [0.1, 0.15) is 5.69 Å². The number of nitrogens with zero attached hydrogens (tertiary/aromatic N) is 3. The molecule has 2 heterocycles. The van der Waals surface area contributed by atoms with Gasteiger partial charge in [0.15, 0.2) is 5.82 Å². The highest BCUT2D eigenvalue weighted by molar-refractivity contribution is 6.07. The highest BCUT2D eigenvalue weighted by Gasteiger charge is 2.30. The van der Waals surface area contributed by atoms with Crippen molar-refractivity contribution in [2.24, 2.45) is 4.99 Å². The van der Waals surface area contributed by atoms with Gasteiger partial charge in [-0.15, -0.1) is 0 Å². The van der Waals surface area contributed by atoms with Crippen molar-refractivity contribution in [3.8, 4) is 0 Å². The molecule has 0 saturated heterocycles.